The van der Waals surface area contributed by atoms with Crippen LogP contribution in [0.15, 0.2) is 22.5 Å². The Bertz CT molecular complexity index is 633. The first-order chi connectivity index (χ1) is 13.6. The third kappa shape index (κ3) is 5.70. The van der Waals surface area contributed by atoms with Crippen LogP contribution in [0.5, 0.6) is 0 Å². The van der Waals surface area contributed by atoms with Crippen LogP contribution in [0.1, 0.15) is 43.4 Å². The fourth-order valence-corrected chi connectivity index (χ4v) is 5.01. The van der Waals surface area contributed by atoms with Crippen LogP contribution in [-0.4, -0.2) is 63.7 Å². The number of nitrogens with zero attached hydrogens (tertiary/aromatic N) is 2. The minimum atomic E-state index is 0.0101. The predicted molar refractivity (Wildman–Crippen MR) is 115 cm³/mol. The SMILES string of the molecule is CN(C)C(=O)CN=C(NCC1CCOC1)NCC1(c2cccs2)CCCCC1. The van der Waals surface area contributed by atoms with Gasteiger partial charge in [0.05, 0.1) is 6.61 Å². The second-order valence-electron chi connectivity index (χ2n) is 8.24. The van der Waals surface area contributed by atoms with E-state index in [0.29, 0.717) is 5.92 Å². The maximum atomic E-state index is 12.0. The highest BCUT2D eigenvalue weighted by atomic mass is 32.1. The van der Waals surface area contributed by atoms with Gasteiger partial charge in [0.15, 0.2) is 5.96 Å². The van der Waals surface area contributed by atoms with Crippen molar-refractivity contribution < 1.29 is 9.53 Å². The van der Waals surface area contributed by atoms with E-state index in [1.807, 2.05) is 11.3 Å². The van der Waals surface area contributed by atoms with E-state index in [1.54, 1.807) is 19.0 Å². The first-order valence-corrected chi connectivity index (χ1v) is 11.3. The van der Waals surface area contributed by atoms with Gasteiger partial charge in [-0.1, -0.05) is 25.3 Å². The number of rotatable bonds is 7. The van der Waals surface area contributed by atoms with Crippen LogP contribution in [-0.2, 0) is 14.9 Å². The molecule has 1 unspecified atom stereocenters. The van der Waals surface area contributed by atoms with E-state index in [-0.39, 0.29) is 17.9 Å². The van der Waals surface area contributed by atoms with Crippen LogP contribution in [0.25, 0.3) is 0 Å². The summed E-state index contributed by atoms with van der Waals surface area (Å²) in [6, 6.07) is 4.42. The molecule has 0 bridgehead atoms. The molecule has 1 amide bonds. The van der Waals surface area contributed by atoms with Crippen molar-refractivity contribution in [1.82, 2.24) is 15.5 Å². The lowest BCUT2D eigenvalue weighted by Crippen LogP contribution is -2.47. The topological polar surface area (TPSA) is 66.0 Å². The van der Waals surface area contributed by atoms with Crippen LogP contribution in [0, 0.1) is 5.92 Å². The molecular formula is C21H34N4O2S. The minimum Gasteiger partial charge on any atom is -0.381 e. The summed E-state index contributed by atoms with van der Waals surface area (Å²) in [4.78, 5) is 19.6. The number of nitrogens with one attached hydrogen (secondary N) is 2. The van der Waals surface area contributed by atoms with Crippen molar-refractivity contribution in [3.63, 3.8) is 0 Å². The number of ether oxygens (including phenoxy) is 1. The van der Waals surface area contributed by atoms with E-state index < -0.39 is 0 Å². The van der Waals surface area contributed by atoms with E-state index in [0.717, 1.165) is 38.7 Å². The Morgan fingerprint density at radius 2 is 2.14 bits per heavy atom. The standard InChI is InChI=1S/C21H34N4O2S/c1-25(2)19(26)14-23-20(22-13-17-8-11-27-15-17)24-16-21(9-4-3-5-10-21)18-7-6-12-28-18/h6-7,12,17H,3-5,8-11,13-16H2,1-2H3,(H2,22,23,24). The second kappa shape index (κ2) is 10.3. The molecule has 2 fully saturated rings. The summed E-state index contributed by atoms with van der Waals surface area (Å²) in [5.74, 6) is 1.26. The second-order valence-corrected chi connectivity index (χ2v) is 9.18. The lowest BCUT2D eigenvalue weighted by Gasteiger charge is -2.37. The van der Waals surface area contributed by atoms with Crippen molar-refractivity contribution >= 4 is 23.2 Å². The normalized spacial score (nSPS) is 22.1. The van der Waals surface area contributed by atoms with E-state index in [9.17, 15) is 4.79 Å². The minimum absolute atomic E-state index is 0.0101. The highest BCUT2D eigenvalue weighted by Crippen LogP contribution is 2.41. The zero-order chi connectivity index (χ0) is 19.8. The van der Waals surface area contributed by atoms with E-state index in [4.69, 9.17) is 4.74 Å². The molecule has 156 valence electrons. The number of amides is 1. The zero-order valence-electron chi connectivity index (χ0n) is 17.2. The summed E-state index contributed by atoms with van der Waals surface area (Å²) in [5.41, 5.74) is 0.177. The van der Waals surface area contributed by atoms with Gasteiger partial charge in [0.1, 0.15) is 6.54 Å². The lowest BCUT2D eigenvalue weighted by atomic mass is 9.73. The zero-order valence-corrected chi connectivity index (χ0v) is 18.0. The Kier molecular flexibility index (Phi) is 7.73. The molecule has 1 aromatic rings. The van der Waals surface area contributed by atoms with Gasteiger partial charge < -0.3 is 20.3 Å². The van der Waals surface area contributed by atoms with Crippen LogP contribution in [0.4, 0.5) is 0 Å². The van der Waals surface area contributed by atoms with E-state index in [2.05, 4.69) is 33.1 Å². The van der Waals surface area contributed by atoms with Gasteiger partial charge in [-0.05, 0) is 30.7 Å². The molecule has 2 N–H and O–H groups in total. The lowest BCUT2D eigenvalue weighted by molar-refractivity contribution is -0.127. The Hall–Kier alpha value is -1.60. The average Bonchev–Trinajstić information content (AvgIpc) is 3.42. The fraction of sp³-hybridized carbons (Fsp3) is 0.714. The maximum Gasteiger partial charge on any atom is 0.243 e. The number of carbonyl (C=O) groups is 1. The molecule has 0 spiro atoms. The van der Waals surface area contributed by atoms with Gasteiger partial charge in [-0.3, -0.25) is 4.79 Å². The summed E-state index contributed by atoms with van der Waals surface area (Å²) in [5, 5.41) is 9.20. The molecule has 1 atom stereocenters. The number of carbonyl (C=O) groups excluding carboxylic acids is 1. The molecule has 1 aliphatic carbocycles. The van der Waals surface area contributed by atoms with Gasteiger partial charge in [0, 0.05) is 50.0 Å². The summed E-state index contributed by atoms with van der Waals surface area (Å²) in [6.07, 6.45) is 7.37. The molecule has 1 saturated carbocycles. The average molecular weight is 407 g/mol. The Morgan fingerprint density at radius 3 is 2.79 bits per heavy atom. The molecule has 6 nitrogen and oxygen atoms in total. The van der Waals surface area contributed by atoms with Gasteiger partial charge >= 0.3 is 0 Å². The van der Waals surface area contributed by atoms with Crippen LogP contribution in [0.2, 0.25) is 0 Å². The molecule has 3 rings (SSSR count). The van der Waals surface area contributed by atoms with Gasteiger partial charge in [0.2, 0.25) is 5.91 Å². The number of likely N-dealkylation sites (N-methyl/N-ethyl adjacent to an activating group) is 1. The summed E-state index contributed by atoms with van der Waals surface area (Å²) >= 11 is 1.86. The smallest absolute Gasteiger partial charge is 0.243 e. The van der Waals surface area contributed by atoms with Gasteiger partial charge in [-0.2, -0.15) is 0 Å². The van der Waals surface area contributed by atoms with Crippen LogP contribution < -0.4 is 10.6 Å². The van der Waals surface area contributed by atoms with E-state index >= 15 is 0 Å². The Labute approximate surface area is 172 Å². The summed E-state index contributed by atoms with van der Waals surface area (Å²) < 4.78 is 5.48. The Balaban J connectivity index is 1.65. The van der Waals surface area contributed by atoms with Gasteiger partial charge in [-0.15, -0.1) is 11.3 Å². The van der Waals surface area contributed by atoms with Gasteiger partial charge in [-0.25, -0.2) is 4.99 Å². The Morgan fingerprint density at radius 1 is 1.32 bits per heavy atom. The van der Waals surface area contributed by atoms with Gasteiger partial charge in [0.25, 0.3) is 0 Å². The number of hydrogen-bond donors (Lipinski definition) is 2. The van der Waals surface area contributed by atoms with Crippen molar-refractivity contribution in [2.75, 3.05) is 46.9 Å². The summed E-state index contributed by atoms with van der Waals surface area (Å²) in [6.45, 7) is 3.49. The van der Waals surface area contributed by atoms with Crippen molar-refractivity contribution in [2.24, 2.45) is 10.9 Å². The van der Waals surface area contributed by atoms with Crippen molar-refractivity contribution in [1.29, 1.82) is 0 Å². The quantitative estimate of drug-likeness (QED) is 0.540. The molecule has 2 aliphatic rings. The largest absolute Gasteiger partial charge is 0.381 e. The number of hydrogen-bond acceptors (Lipinski definition) is 4. The van der Waals surface area contributed by atoms with Crippen molar-refractivity contribution in [3.8, 4) is 0 Å². The molecule has 1 aliphatic heterocycles. The van der Waals surface area contributed by atoms with Crippen molar-refractivity contribution in [3.05, 3.63) is 22.4 Å². The number of aliphatic imine (C=N–C) groups is 1. The monoisotopic (exact) mass is 406 g/mol. The molecule has 1 aromatic heterocycles. The van der Waals surface area contributed by atoms with Crippen LogP contribution in [0.3, 0.4) is 0 Å². The number of thiophene rings is 1. The third-order valence-electron chi connectivity index (χ3n) is 5.90. The molecule has 7 heteroatoms. The number of guanidine groups is 1. The molecule has 2 heterocycles. The molecule has 0 radical (unpaired) electrons. The van der Waals surface area contributed by atoms with E-state index in [1.165, 1.54) is 37.0 Å². The molecular weight excluding hydrogens is 372 g/mol. The maximum absolute atomic E-state index is 12.0. The third-order valence-corrected chi connectivity index (χ3v) is 7.02. The highest BCUT2D eigenvalue weighted by molar-refractivity contribution is 7.10. The predicted octanol–water partition coefficient (Wildman–Crippen LogP) is 2.61. The molecule has 1 saturated heterocycles. The first kappa shape index (κ1) is 21.1. The van der Waals surface area contributed by atoms with Crippen molar-refractivity contribution in [2.45, 2.75) is 43.9 Å². The first-order valence-electron chi connectivity index (χ1n) is 10.4. The highest BCUT2D eigenvalue weighted by Gasteiger charge is 2.35. The summed E-state index contributed by atoms with van der Waals surface area (Å²) in [7, 11) is 3.53. The molecule has 28 heavy (non-hydrogen) atoms. The van der Waals surface area contributed by atoms with Crippen LogP contribution >= 0.6 is 11.3 Å². The fourth-order valence-electron chi connectivity index (χ4n) is 4.02. The molecule has 0 aromatic carbocycles.